The van der Waals surface area contributed by atoms with Gasteiger partial charge in [-0.2, -0.15) is 5.10 Å². The first kappa shape index (κ1) is 19.3. The molecule has 156 valence electrons. The first-order valence-corrected chi connectivity index (χ1v) is 11.2. The number of carbonyl (C=O) groups excluding carboxylic acids is 2. The molecule has 0 bridgehead atoms. The van der Waals surface area contributed by atoms with Crippen LogP contribution in [-0.2, 0) is 16.1 Å². The zero-order valence-corrected chi connectivity index (χ0v) is 17.5. The van der Waals surface area contributed by atoms with Gasteiger partial charge in [-0.1, -0.05) is 18.2 Å². The minimum absolute atomic E-state index is 0.0711. The summed E-state index contributed by atoms with van der Waals surface area (Å²) in [4.78, 5) is 30.7. The van der Waals surface area contributed by atoms with Gasteiger partial charge in [0, 0.05) is 49.2 Å². The van der Waals surface area contributed by atoms with E-state index in [0.717, 1.165) is 26.9 Å². The van der Waals surface area contributed by atoms with Crippen LogP contribution in [0.2, 0.25) is 0 Å². The van der Waals surface area contributed by atoms with Crippen LogP contribution in [0.3, 0.4) is 0 Å². The Morgan fingerprint density at radius 2 is 1.93 bits per heavy atom. The van der Waals surface area contributed by atoms with Crippen LogP contribution < -0.4 is 0 Å². The molecule has 7 nitrogen and oxygen atoms in total. The summed E-state index contributed by atoms with van der Waals surface area (Å²) in [5.41, 5.74) is 1.11. The van der Waals surface area contributed by atoms with E-state index in [1.165, 1.54) is 0 Å². The summed E-state index contributed by atoms with van der Waals surface area (Å²) in [7, 11) is 0. The zero-order valence-electron chi connectivity index (χ0n) is 16.7. The van der Waals surface area contributed by atoms with E-state index in [1.807, 2.05) is 28.0 Å². The van der Waals surface area contributed by atoms with E-state index in [9.17, 15) is 9.59 Å². The molecular weight excluding hydrogens is 400 g/mol. The third-order valence-electron chi connectivity index (χ3n) is 5.93. The van der Waals surface area contributed by atoms with Crippen molar-refractivity contribution in [3.63, 3.8) is 0 Å². The Morgan fingerprint density at radius 1 is 1.10 bits per heavy atom. The second-order valence-electron chi connectivity index (χ2n) is 7.77. The highest BCUT2D eigenvalue weighted by Crippen LogP contribution is 2.40. The molecule has 1 atom stereocenters. The van der Waals surface area contributed by atoms with Gasteiger partial charge >= 0.3 is 0 Å². The highest BCUT2D eigenvalue weighted by Gasteiger charge is 2.34. The van der Waals surface area contributed by atoms with Gasteiger partial charge in [0.25, 0.3) is 5.91 Å². The molecule has 2 amide bonds. The quantitative estimate of drug-likeness (QED) is 0.646. The minimum atomic E-state index is 0.0711. The highest BCUT2D eigenvalue weighted by atomic mass is 32.1. The summed E-state index contributed by atoms with van der Waals surface area (Å²) in [6.07, 6.45) is 4.35. The molecule has 30 heavy (non-hydrogen) atoms. The topological polar surface area (TPSA) is 67.7 Å². The molecule has 1 aromatic carbocycles. The number of morpholine rings is 1. The number of hydrogen-bond donors (Lipinski definition) is 0. The third kappa shape index (κ3) is 3.61. The molecule has 2 saturated heterocycles. The van der Waals surface area contributed by atoms with Crippen LogP contribution in [0.25, 0.3) is 10.1 Å². The summed E-state index contributed by atoms with van der Waals surface area (Å²) in [5, 5.41) is 5.28. The van der Waals surface area contributed by atoms with E-state index >= 15 is 0 Å². The maximum Gasteiger partial charge on any atom is 0.264 e. The van der Waals surface area contributed by atoms with Crippen LogP contribution >= 0.6 is 11.3 Å². The average Bonchev–Trinajstić information content (AvgIpc) is 3.53. The van der Waals surface area contributed by atoms with Crippen LogP contribution in [0, 0.1) is 0 Å². The van der Waals surface area contributed by atoms with Crippen molar-refractivity contribution in [1.29, 1.82) is 0 Å². The summed E-state index contributed by atoms with van der Waals surface area (Å²) >= 11 is 1.58. The maximum atomic E-state index is 13.4. The highest BCUT2D eigenvalue weighted by molar-refractivity contribution is 7.21. The van der Waals surface area contributed by atoms with Crippen molar-refractivity contribution in [2.45, 2.75) is 18.9 Å². The molecule has 0 unspecified atom stereocenters. The van der Waals surface area contributed by atoms with Crippen molar-refractivity contribution in [3.05, 3.63) is 53.2 Å². The largest absolute Gasteiger partial charge is 0.378 e. The van der Waals surface area contributed by atoms with Gasteiger partial charge in [0.05, 0.1) is 18.1 Å². The van der Waals surface area contributed by atoms with Crippen molar-refractivity contribution in [3.8, 4) is 0 Å². The number of carbonyl (C=O) groups is 2. The predicted octanol–water partition coefficient (Wildman–Crippen LogP) is 2.59. The third-order valence-corrected chi connectivity index (χ3v) is 7.11. The molecule has 4 heterocycles. The van der Waals surface area contributed by atoms with Crippen molar-refractivity contribution in [2.24, 2.45) is 0 Å². The number of rotatable bonds is 4. The molecule has 0 N–H and O–H groups in total. The zero-order chi connectivity index (χ0) is 20.5. The number of hydrogen-bond acceptors (Lipinski definition) is 5. The van der Waals surface area contributed by atoms with Crippen molar-refractivity contribution in [2.75, 3.05) is 39.4 Å². The fraction of sp³-hybridized carbons (Fsp3) is 0.409. The number of benzene rings is 1. The average molecular weight is 425 g/mol. The fourth-order valence-electron chi connectivity index (χ4n) is 4.39. The summed E-state index contributed by atoms with van der Waals surface area (Å²) in [6.45, 7) is 4.04. The Labute approximate surface area is 178 Å². The standard InChI is InChI=1S/C22H24N4O3S/c27-19(15-26-8-3-7-23-26)25-9-6-16(14-25)20-17-4-1-2-5-18(17)30-21(20)22(28)24-10-12-29-13-11-24/h1-5,7-8,16H,6,9-15H2/t16-/m0/s1. The molecule has 0 aliphatic carbocycles. The van der Waals surface area contributed by atoms with E-state index in [4.69, 9.17) is 4.74 Å². The summed E-state index contributed by atoms with van der Waals surface area (Å²) in [5.74, 6) is 0.334. The van der Waals surface area contributed by atoms with Gasteiger partial charge in [-0.3, -0.25) is 14.3 Å². The smallest absolute Gasteiger partial charge is 0.264 e. The molecule has 5 rings (SSSR count). The van der Waals surface area contributed by atoms with Gasteiger partial charge < -0.3 is 14.5 Å². The number of amides is 2. The van der Waals surface area contributed by atoms with Gasteiger partial charge in [-0.05, 0) is 29.5 Å². The molecule has 2 aliphatic heterocycles. The maximum absolute atomic E-state index is 13.4. The molecule has 2 fully saturated rings. The Hall–Kier alpha value is -2.71. The number of fused-ring (bicyclic) bond motifs is 1. The van der Waals surface area contributed by atoms with Crippen LogP contribution in [0.15, 0.2) is 42.7 Å². The van der Waals surface area contributed by atoms with E-state index in [0.29, 0.717) is 39.4 Å². The first-order valence-electron chi connectivity index (χ1n) is 10.3. The Balaban J connectivity index is 1.42. The number of thiophene rings is 1. The van der Waals surface area contributed by atoms with Gasteiger partial charge in [0.15, 0.2) is 0 Å². The number of ether oxygens (including phenoxy) is 1. The van der Waals surface area contributed by atoms with E-state index in [-0.39, 0.29) is 24.3 Å². The lowest BCUT2D eigenvalue weighted by Gasteiger charge is -2.27. The van der Waals surface area contributed by atoms with Crippen LogP contribution in [0.5, 0.6) is 0 Å². The lowest BCUT2D eigenvalue weighted by Crippen LogP contribution is -2.40. The van der Waals surface area contributed by atoms with Gasteiger partial charge in [0.1, 0.15) is 6.54 Å². The normalized spacial score (nSPS) is 19.5. The monoisotopic (exact) mass is 424 g/mol. The summed E-state index contributed by atoms with van der Waals surface area (Å²) < 4.78 is 8.20. The van der Waals surface area contributed by atoms with Gasteiger partial charge in [0.2, 0.25) is 5.91 Å². The molecular formula is C22H24N4O3S. The minimum Gasteiger partial charge on any atom is -0.378 e. The van der Waals surface area contributed by atoms with E-state index in [2.05, 4.69) is 17.2 Å². The molecule has 2 aliphatic rings. The van der Waals surface area contributed by atoms with E-state index < -0.39 is 0 Å². The number of likely N-dealkylation sites (tertiary alicyclic amines) is 1. The molecule has 2 aromatic heterocycles. The molecule has 0 saturated carbocycles. The fourth-order valence-corrected chi connectivity index (χ4v) is 5.65. The van der Waals surface area contributed by atoms with Crippen LogP contribution in [0.1, 0.15) is 27.6 Å². The van der Waals surface area contributed by atoms with Gasteiger partial charge in [-0.15, -0.1) is 11.3 Å². The Bertz CT molecular complexity index is 1060. The number of aromatic nitrogens is 2. The van der Waals surface area contributed by atoms with Crippen LogP contribution in [-0.4, -0.2) is 70.8 Å². The second kappa shape index (κ2) is 8.20. The first-order chi connectivity index (χ1) is 14.7. The van der Waals surface area contributed by atoms with Crippen molar-refractivity contribution in [1.82, 2.24) is 19.6 Å². The van der Waals surface area contributed by atoms with Gasteiger partial charge in [-0.25, -0.2) is 0 Å². The molecule has 0 radical (unpaired) electrons. The Kier molecular flexibility index (Phi) is 5.26. The van der Waals surface area contributed by atoms with Crippen molar-refractivity contribution < 1.29 is 14.3 Å². The SMILES string of the molecule is O=C(Cn1cccn1)N1CC[C@H](c2c(C(=O)N3CCOCC3)sc3ccccc23)C1. The Morgan fingerprint density at radius 3 is 2.73 bits per heavy atom. The molecule has 3 aromatic rings. The second-order valence-corrected chi connectivity index (χ2v) is 8.83. The molecule has 8 heteroatoms. The molecule has 0 spiro atoms. The number of nitrogens with zero attached hydrogens (tertiary/aromatic N) is 4. The van der Waals surface area contributed by atoms with Crippen molar-refractivity contribution >= 4 is 33.2 Å². The summed E-state index contributed by atoms with van der Waals surface area (Å²) in [6, 6.07) is 10.0. The van der Waals surface area contributed by atoms with E-state index in [1.54, 1.807) is 28.4 Å². The van der Waals surface area contributed by atoms with Crippen LogP contribution in [0.4, 0.5) is 0 Å². The lowest BCUT2D eigenvalue weighted by molar-refractivity contribution is -0.131. The lowest BCUT2D eigenvalue weighted by atomic mass is 9.94. The predicted molar refractivity (Wildman–Crippen MR) is 115 cm³/mol.